The number of alkyl halides is 3. The van der Waals surface area contributed by atoms with Crippen molar-refractivity contribution in [2.24, 2.45) is 5.92 Å². The third kappa shape index (κ3) is 8.92. The van der Waals surface area contributed by atoms with Crippen LogP contribution in [0.15, 0.2) is 68.7 Å². The first-order chi connectivity index (χ1) is 18.5. The van der Waals surface area contributed by atoms with Gasteiger partial charge in [0.2, 0.25) is 0 Å². The van der Waals surface area contributed by atoms with Crippen LogP contribution >= 0.6 is 11.8 Å². The zero-order chi connectivity index (χ0) is 28.6. The minimum atomic E-state index is -4.90. The van der Waals surface area contributed by atoms with Gasteiger partial charge in [0, 0.05) is 33.1 Å². The molecule has 39 heavy (non-hydrogen) atoms. The molecule has 0 saturated carbocycles. The minimum absolute atomic E-state index is 0.00682. The minimum Gasteiger partial charge on any atom is -0.462 e. The lowest BCUT2D eigenvalue weighted by Crippen LogP contribution is -2.18. The molecular weight excluding hydrogens is 529 g/mol. The average molecular weight is 563 g/mol. The van der Waals surface area contributed by atoms with E-state index in [2.05, 4.69) is 18.2 Å². The predicted octanol–water partition coefficient (Wildman–Crippen LogP) is 8.33. The van der Waals surface area contributed by atoms with Crippen molar-refractivity contribution < 1.29 is 31.9 Å². The maximum Gasteiger partial charge on any atom is 0.573 e. The Hall–Kier alpha value is -3.20. The number of fused-ring (bicyclic) bond motifs is 1. The first-order valence-corrected chi connectivity index (χ1v) is 13.9. The van der Waals surface area contributed by atoms with E-state index in [4.69, 9.17) is 9.15 Å². The summed E-state index contributed by atoms with van der Waals surface area (Å²) < 4.78 is 54.7. The number of hydrogen-bond acceptors (Lipinski definition) is 6. The van der Waals surface area contributed by atoms with E-state index in [-0.39, 0.29) is 23.7 Å². The Balaban J connectivity index is 1.84. The fraction of sp³-hybridized carbons (Fsp3) is 0.400. The van der Waals surface area contributed by atoms with Crippen molar-refractivity contribution in [2.75, 3.05) is 12.4 Å². The fourth-order valence-electron chi connectivity index (χ4n) is 3.92. The number of thioether (sulfide) groups is 1. The number of aryl methyl sites for hydroxylation is 1. The van der Waals surface area contributed by atoms with Crippen LogP contribution in [0.4, 0.5) is 13.2 Å². The second-order valence-corrected chi connectivity index (χ2v) is 10.5. The van der Waals surface area contributed by atoms with Crippen molar-refractivity contribution in [1.82, 2.24) is 0 Å². The topological polar surface area (TPSA) is 65.7 Å². The van der Waals surface area contributed by atoms with Crippen LogP contribution in [0.5, 0.6) is 5.75 Å². The van der Waals surface area contributed by atoms with E-state index in [1.54, 1.807) is 25.1 Å². The molecule has 0 fully saturated rings. The number of benzene rings is 2. The fourth-order valence-corrected chi connectivity index (χ4v) is 5.03. The summed E-state index contributed by atoms with van der Waals surface area (Å²) >= 11 is 1.53. The van der Waals surface area contributed by atoms with Crippen molar-refractivity contribution in [2.45, 2.75) is 64.1 Å². The van der Waals surface area contributed by atoms with Gasteiger partial charge in [0.25, 0.3) is 0 Å². The largest absolute Gasteiger partial charge is 0.573 e. The van der Waals surface area contributed by atoms with E-state index in [1.165, 1.54) is 30.0 Å². The van der Waals surface area contributed by atoms with Crippen molar-refractivity contribution in [3.8, 4) is 16.9 Å². The van der Waals surface area contributed by atoms with Gasteiger partial charge in [-0.2, -0.15) is 0 Å². The van der Waals surface area contributed by atoms with E-state index in [0.717, 1.165) is 30.6 Å². The van der Waals surface area contributed by atoms with Crippen LogP contribution in [0.1, 0.15) is 52.0 Å². The third-order valence-corrected chi connectivity index (χ3v) is 7.43. The predicted molar refractivity (Wildman–Crippen MR) is 148 cm³/mol. The van der Waals surface area contributed by atoms with E-state index >= 15 is 0 Å². The standard InChI is InChI=1S/C30H33F3O5S/c1-5-7-8-9-21-10-13-24(27(14-21)38-30(31,32)33)25-15-22-11-12-23(16-26(22)37-29(25)35)39-18-20(6-2)17-36-28(34)19(3)4/h10-16,20H,3,5-9,17-18H2,1-2,4H3. The number of hydrogen-bond donors (Lipinski definition) is 0. The van der Waals surface area contributed by atoms with E-state index in [9.17, 15) is 22.8 Å². The summed E-state index contributed by atoms with van der Waals surface area (Å²) in [4.78, 5) is 25.4. The maximum absolute atomic E-state index is 13.2. The molecule has 1 heterocycles. The molecule has 0 saturated heterocycles. The number of carbonyl (C=O) groups excluding carboxylic acids is 1. The monoisotopic (exact) mass is 562 g/mol. The van der Waals surface area contributed by atoms with Gasteiger partial charge in [0.05, 0.1) is 12.2 Å². The molecule has 2 aromatic carbocycles. The molecule has 0 bridgehead atoms. The van der Waals surface area contributed by atoms with Gasteiger partial charge in [-0.25, -0.2) is 9.59 Å². The normalized spacial score (nSPS) is 12.4. The van der Waals surface area contributed by atoms with Crippen LogP contribution < -0.4 is 10.4 Å². The van der Waals surface area contributed by atoms with E-state index in [1.807, 2.05) is 13.0 Å². The van der Waals surface area contributed by atoms with Crippen LogP contribution in [-0.2, 0) is 16.0 Å². The summed E-state index contributed by atoms with van der Waals surface area (Å²) in [7, 11) is 0. The van der Waals surface area contributed by atoms with Crippen molar-refractivity contribution in [1.29, 1.82) is 0 Å². The Morgan fingerprint density at radius 1 is 1.08 bits per heavy atom. The SMILES string of the molecule is C=C(C)C(=O)OCC(CC)CSc1ccc2cc(-c3ccc(CCCCC)cc3OC(F)(F)F)c(=O)oc2c1. The molecule has 0 aliphatic carbocycles. The van der Waals surface area contributed by atoms with Crippen LogP contribution in [0.2, 0.25) is 0 Å². The number of unbranched alkanes of at least 4 members (excludes halogenated alkanes) is 2. The third-order valence-electron chi connectivity index (χ3n) is 6.20. The molecule has 0 spiro atoms. The Bertz CT molecular complexity index is 1360. The van der Waals surface area contributed by atoms with Gasteiger partial charge in [-0.15, -0.1) is 24.9 Å². The highest BCUT2D eigenvalue weighted by Gasteiger charge is 2.33. The quantitative estimate of drug-likeness (QED) is 0.0686. The summed E-state index contributed by atoms with van der Waals surface area (Å²) in [5.74, 6) is -0.0402. The van der Waals surface area contributed by atoms with Crippen LogP contribution in [0, 0.1) is 5.92 Å². The molecule has 9 heteroatoms. The molecule has 1 unspecified atom stereocenters. The first-order valence-electron chi connectivity index (χ1n) is 12.9. The van der Waals surface area contributed by atoms with Crippen molar-refractivity contribution in [3.05, 3.63) is 70.6 Å². The van der Waals surface area contributed by atoms with E-state index < -0.39 is 23.7 Å². The Kier molecular flexibility index (Phi) is 10.7. The molecular formula is C30H33F3O5S. The zero-order valence-corrected chi connectivity index (χ0v) is 23.2. The molecule has 0 aliphatic heterocycles. The van der Waals surface area contributed by atoms with Crippen LogP contribution in [-0.4, -0.2) is 24.7 Å². The van der Waals surface area contributed by atoms with Gasteiger partial charge < -0.3 is 13.9 Å². The van der Waals surface area contributed by atoms with Crippen molar-refractivity contribution in [3.63, 3.8) is 0 Å². The molecule has 1 atom stereocenters. The Labute approximate surface area is 230 Å². The lowest BCUT2D eigenvalue weighted by atomic mass is 10.00. The number of carbonyl (C=O) groups is 1. The lowest BCUT2D eigenvalue weighted by Gasteiger charge is -2.15. The second kappa shape index (κ2) is 13.7. The highest BCUT2D eigenvalue weighted by atomic mass is 32.2. The summed E-state index contributed by atoms with van der Waals surface area (Å²) in [6, 6.07) is 11.4. The Morgan fingerprint density at radius 3 is 2.51 bits per heavy atom. The summed E-state index contributed by atoms with van der Waals surface area (Å²) in [5, 5.41) is 0.571. The van der Waals surface area contributed by atoms with Crippen molar-refractivity contribution >= 4 is 28.7 Å². The van der Waals surface area contributed by atoms with Gasteiger partial charge in [-0.3, -0.25) is 0 Å². The highest BCUT2D eigenvalue weighted by Crippen LogP contribution is 2.35. The van der Waals surface area contributed by atoms with Gasteiger partial charge in [0.15, 0.2) is 0 Å². The smallest absolute Gasteiger partial charge is 0.462 e. The lowest BCUT2D eigenvalue weighted by molar-refractivity contribution is -0.274. The van der Waals surface area contributed by atoms with Crippen LogP contribution in [0.25, 0.3) is 22.1 Å². The van der Waals surface area contributed by atoms with Gasteiger partial charge in [-0.1, -0.05) is 51.5 Å². The summed E-state index contributed by atoms with van der Waals surface area (Å²) in [6.45, 7) is 9.51. The number of esters is 1. The van der Waals surface area contributed by atoms with Gasteiger partial charge >= 0.3 is 18.0 Å². The van der Waals surface area contributed by atoms with E-state index in [0.29, 0.717) is 34.3 Å². The maximum atomic E-state index is 13.2. The molecule has 3 rings (SSSR count). The number of halogens is 3. The summed E-state index contributed by atoms with van der Waals surface area (Å²) in [5.41, 5.74) is 0.640. The molecule has 210 valence electrons. The first kappa shape index (κ1) is 30.3. The summed E-state index contributed by atoms with van der Waals surface area (Å²) in [6.07, 6.45) is -0.677. The highest BCUT2D eigenvalue weighted by molar-refractivity contribution is 7.99. The molecule has 0 N–H and O–H groups in total. The zero-order valence-electron chi connectivity index (χ0n) is 22.4. The molecule has 0 aliphatic rings. The van der Waals surface area contributed by atoms with Crippen LogP contribution in [0.3, 0.4) is 0 Å². The number of ether oxygens (including phenoxy) is 2. The van der Waals surface area contributed by atoms with Gasteiger partial charge in [-0.05, 0) is 56.0 Å². The number of rotatable bonds is 13. The molecule has 0 radical (unpaired) electrons. The molecule has 3 aromatic rings. The van der Waals surface area contributed by atoms with Gasteiger partial charge in [0.1, 0.15) is 11.3 Å². The Morgan fingerprint density at radius 2 is 1.85 bits per heavy atom. The average Bonchev–Trinajstić information content (AvgIpc) is 2.87. The molecule has 0 amide bonds. The second-order valence-electron chi connectivity index (χ2n) is 9.45. The molecule has 1 aromatic heterocycles. The molecule has 5 nitrogen and oxygen atoms in total.